The molecule has 0 radical (unpaired) electrons. The van der Waals surface area contributed by atoms with E-state index in [1.807, 2.05) is 12.1 Å². The third kappa shape index (κ3) is 7.30. The average Bonchev–Trinajstić information content (AvgIpc) is 3.18. The number of methoxy groups -OCH3 is 1. The van der Waals surface area contributed by atoms with Gasteiger partial charge >= 0.3 is 5.97 Å². The molecular formula is C26H29ClN2O4S. The Morgan fingerprint density at radius 2 is 1.74 bits per heavy atom. The smallest absolute Gasteiger partial charge is 0.355 e. The third-order valence-corrected chi connectivity index (χ3v) is 6.91. The molecule has 0 unspecified atom stereocenters. The summed E-state index contributed by atoms with van der Waals surface area (Å²) >= 11 is 7.66. The molecule has 0 spiro atoms. The summed E-state index contributed by atoms with van der Waals surface area (Å²) < 4.78 is 11.6. The maximum atomic E-state index is 12.6. The first-order valence-corrected chi connectivity index (χ1v) is 12.6. The van der Waals surface area contributed by atoms with Gasteiger partial charge in [-0.25, -0.2) is 10.2 Å². The van der Waals surface area contributed by atoms with Gasteiger partial charge in [-0.15, -0.1) is 11.3 Å². The van der Waals surface area contributed by atoms with Crippen LogP contribution in [0.4, 0.5) is 0 Å². The van der Waals surface area contributed by atoms with Crippen molar-refractivity contribution in [1.29, 1.82) is 0 Å². The van der Waals surface area contributed by atoms with Crippen molar-refractivity contribution in [3.8, 4) is 11.5 Å². The molecular weight excluding hydrogens is 472 g/mol. The number of hydrogen-bond donors (Lipinski definition) is 1. The minimum atomic E-state index is -0.520. The molecule has 180 valence electrons. The van der Waals surface area contributed by atoms with Crippen molar-refractivity contribution in [2.75, 3.05) is 7.11 Å². The molecule has 0 saturated heterocycles. The van der Waals surface area contributed by atoms with Crippen LogP contribution >= 0.6 is 22.9 Å². The van der Waals surface area contributed by atoms with Crippen LogP contribution in [-0.4, -0.2) is 25.2 Å². The molecule has 0 aliphatic carbocycles. The van der Waals surface area contributed by atoms with Gasteiger partial charge in [-0.1, -0.05) is 50.6 Å². The summed E-state index contributed by atoms with van der Waals surface area (Å²) in [5.74, 6) is 0.477. The lowest BCUT2D eigenvalue weighted by Gasteiger charge is -2.04. The summed E-state index contributed by atoms with van der Waals surface area (Å²) in [7, 11) is 1.59. The van der Waals surface area contributed by atoms with E-state index in [0.717, 1.165) is 28.5 Å². The Hall–Kier alpha value is -2.90. The number of hydrazone groups is 1. The number of fused-ring (bicyclic) bond motifs is 1. The number of esters is 1. The van der Waals surface area contributed by atoms with Crippen LogP contribution in [0.25, 0.3) is 10.1 Å². The van der Waals surface area contributed by atoms with Crippen molar-refractivity contribution in [1.82, 2.24) is 5.43 Å². The van der Waals surface area contributed by atoms with Gasteiger partial charge in [0.15, 0.2) is 0 Å². The van der Waals surface area contributed by atoms with E-state index in [0.29, 0.717) is 27.8 Å². The number of benzene rings is 2. The molecule has 1 amide bonds. The molecule has 1 aromatic heterocycles. The fourth-order valence-electron chi connectivity index (χ4n) is 3.38. The van der Waals surface area contributed by atoms with E-state index >= 15 is 0 Å². The van der Waals surface area contributed by atoms with E-state index in [1.165, 1.54) is 37.0 Å². The quantitative estimate of drug-likeness (QED) is 0.0956. The number of amides is 1. The Kier molecular flexibility index (Phi) is 9.91. The number of carbonyl (C=O) groups is 2. The zero-order chi connectivity index (χ0) is 24.3. The van der Waals surface area contributed by atoms with Crippen LogP contribution in [0.3, 0.4) is 0 Å². The Morgan fingerprint density at radius 3 is 2.47 bits per heavy atom. The lowest BCUT2D eigenvalue weighted by Crippen LogP contribution is -2.16. The zero-order valence-electron chi connectivity index (χ0n) is 19.4. The number of ether oxygens (including phenoxy) is 2. The third-order valence-electron chi connectivity index (χ3n) is 5.27. The number of hydrogen-bond acceptors (Lipinski definition) is 6. The topological polar surface area (TPSA) is 77.0 Å². The second kappa shape index (κ2) is 13.1. The summed E-state index contributed by atoms with van der Waals surface area (Å²) in [6.07, 6.45) is 8.85. The predicted molar refractivity (Wildman–Crippen MR) is 139 cm³/mol. The van der Waals surface area contributed by atoms with Gasteiger partial charge in [-0.2, -0.15) is 5.10 Å². The van der Waals surface area contributed by atoms with E-state index < -0.39 is 5.97 Å². The van der Waals surface area contributed by atoms with E-state index in [4.69, 9.17) is 21.1 Å². The molecule has 0 atom stereocenters. The molecule has 8 heteroatoms. The van der Waals surface area contributed by atoms with Gasteiger partial charge in [0.05, 0.1) is 18.3 Å². The summed E-state index contributed by atoms with van der Waals surface area (Å²) in [4.78, 5) is 24.8. The highest BCUT2D eigenvalue weighted by atomic mass is 35.5. The van der Waals surface area contributed by atoms with Gasteiger partial charge in [0, 0.05) is 16.5 Å². The first-order chi connectivity index (χ1) is 16.5. The summed E-state index contributed by atoms with van der Waals surface area (Å²) in [6.45, 7) is 2.19. The molecule has 0 saturated carbocycles. The molecule has 1 N–H and O–H groups in total. The molecule has 6 nitrogen and oxygen atoms in total. The second-order valence-corrected chi connectivity index (χ2v) is 9.31. The molecule has 0 aliphatic rings. The number of rotatable bonds is 12. The molecule has 3 aromatic rings. The van der Waals surface area contributed by atoms with Crippen LogP contribution in [0.15, 0.2) is 47.6 Å². The van der Waals surface area contributed by atoms with E-state index in [9.17, 15) is 9.59 Å². The Bertz CT molecular complexity index is 1140. The maximum absolute atomic E-state index is 12.6. The van der Waals surface area contributed by atoms with Crippen LogP contribution in [0.2, 0.25) is 5.02 Å². The largest absolute Gasteiger partial charge is 0.497 e. The van der Waals surface area contributed by atoms with Crippen molar-refractivity contribution in [2.45, 2.75) is 51.9 Å². The van der Waals surface area contributed by atoms with Crippen LogP contribution in [-0.2, 0) is 4.79 Å². The molecule has 0 aliphatic heterocycles. The van der Waals surface area contributed by atoms with Gasteiger partial charge in [-0.3, -0.25) is 4.79 Å². The summed E-state index contributed by atoms with van der Waals surface area (Å²) in [5, 5.41) is 5.15. The van der Waals surface area contributed by atoms with Gasteiger partial charge < -0.3 is 9.47 Å². The number of nitrogens with one attached hydrogen (secondary N) is 1. The van der Waals surface area contributed by atoms with Gasteiger partial charge in [0.2, 0.25) is 5.91 Å². The number of unbranched alkanes of at least 4 members (excludes halogenated alkanes) is 5. The molecule has 1 heterocycles. The van der Waals surface area contributed by atoms with Gasteiger partial charge in [-0.05, 0) is 54.4 Å². The standard InChI is InChI=1S/C26H29ClN2O4S/c1-3-4-5-6-7-8-9-23(30)29-28-17-18-10-12-19(13-11-18)33-26(31)25-24(27)21-15-14-20(32-2)16-22(21)34-25/h10-17H,3-9H2,1-2H3,(H,29,30)/b28-17-. The lowest BCUT2D eigenvalue weighted by molar-refractivity contribution is -0.121. The molecule has 0 fully saturated rings. The maximum Gasteiger partial charge on any atom is 0.355 e. The molecule has 0 bridgehead atoms. The van der Waals surface area contributed by atoms with E-state index in [-0.39, 0.29) is 5.91 Å². The fourth-order valence-corrected chi connectivity index (χ4v) is 4.79. The first-order valence-electron chi connectivity index (χ1n) is 11.4. The molecule has 2 aromatic carbocycles. The van der Waals surface area contributed by atoms with Crippen LogP contribution in [0.1, 0.15) is 67.1 Å². The highest BCUT2D eigenvalue weighted by Gasteiger charge is 2.19. The molecule has 34 heavy (non-hydrogen) atoms. The summed E-state index contributed by atoms with van der Waals surface area (Å²) in [6, 6.07) is 12.3. The SMILES string of the molecule is CCCCCCCCC(=O)N/N=C\c1ccc(OC(=O)c2sc3cc(OC)ccc3c2Cl)cc1. The number of halogens is 1. The number of thiophene rings is 1. The normalized spacial score (nSPS) is 11.1. The van der Waals surface area contributed by atoms with Crippen LogP contribution in [0, 0.1) is 0 Å². The molecule has 3 rings (SSSR count). The van der Waals surface area contributed by atoms with Crippen LogP contribution in [0.5, 0.6) is 11.5 Å². The van der Waals surface area contributed by atoms with Crippen molar-refractivity contribution in [3.05, 3.63) is 57.9 Å². The number of carbonyl (C=O) groups excluding carboxylic acids is 2. The Labute approximate surface area is 208 Å². The second-order valence-electron chi connectivity index (χ2n) is 7.88. The van der Waals surface area contributed by atoms with Crippen molar-refractivity contribution in [2.24, 2.45) is 5.10 Å². The van der Waals surface area contributed by atoms with Crippen molar-refractivity contribution in [3.63, 3.8) is 0 Å². The monoisotopic (exact) mass is 500 g/mol. The Morgan fingerprint density at radius 1 is 1.03 bits per heavy atom. The minimum absolute atomic E-state index is 0.0878. The summed E-state index contributed by atoms with van der Waals surface area (Å²) in [5.41, 5.74) is 3.32. The zero-order valence-corrected chi connectivity index (χ0v) is 21.0. The minimum Gasteiger partial charge on any atom is -0.497 e. The average molecular weight is 501 g/mol. The van der Waals surface area contributed by atoms with Crippen molar-refractivity contribution < 1.29 is 19.1 Å². The lowest BCUT2D eigenvalue weighted by atomic mass is 10.1. The Balaban J connectivity index is 1.49. The van der Waals surface area contributed by atoms with Crippen LogP contribution < -0.4 is 14.9 Å². The predicted octanol–water partition coefficient (Wildman–Crippen LogP) is 6.98. The van der Waals surface area contributed by atoms with E-state index in [1.54, 1.807) is 43.7 Å². The van der Waals surface area contributed by atoms with E-state index in [2.05, 4.69) is 17.5 Å². The first kappa shape index (κ1) is 25.7. The highest BCUT2D eigenvalue weighted by molar-refractivity contribution is 7.21. The fraction of sp³-hybridized carbons (Fsp3) is 0.346. The highest BCUT2D eigenvalue weighted by Crippen LogP contribution is 2.37. The van der Waals surface area contributed by atoms with Gasteiger partial charge in [0.25, 0.3) is 0 Å². The van der Waals surface area contributed by atoms with Crippen molar-refractivity contribution >= 4 is 51.1 Å². The number of nitrogens with zero attached hydrogens (tertiary/aromatic N) is 1. The van der Waals surface area contributed by atoms with Gasteiger partial charge in [0.1, 0.15) is 16.4 Å².